The van der Waals surface area contributed by atoms with Crippen LogP contribution in [0.15, 0.2) is 52.9 Å². The molecule has 1 heterocycles. The summed E-state index contributed by atoms with van der Waals surface area (Å²) in [7, 11) is 0. The third-order valence-electron chi connectivity index (χ3n) is 3.25. The summed E-state index contributed by atoms with van der Waals surface area (Å²) in [6, 6.07) is 13.4. The molecule has 0 saturated carbocycles. The Morgan fingerprint density at radius 3 is 2.68 bits per heavy atom. The molecule has 110 valence electrons. The van der Waals surface area contributed by atoms with E-state index in [1.807, 2.05) is 12.1 Å². The first-order valence-corrected chi connectivity index (χ1v) is 6.59. The highest BCUT2D eigenvalue weighted by atomic mass is 16.6. The van der Waals surface area contributed by atoms with Crippen LogP contribution in [0, 0.1) is 17.0 Å². The second kappa shape index (κ2) is 5.33. The predicted octanol–water partition coefficient (Wildman–Crippen LogP) is 3.90. The minimum Gasteiger partial charge on any atom is -0.451 e. The van der Waals surface area contributed by atoms with Crippen molar-refractivity contribution in [2.75, 3.05) is 5.32 Å². The number of furan rings is 1. The quantitative estimate of drug-likeness (QED) is 0.586. The standard InChI is InChI=1S/C16H12N2O4/c1-10-6-7-12(13(8-10)18(20)21)17-16(19)15-9-11-4-2-3-5-14(11)22-15/h2-9H,1H3,(H,17,19). The lowest BCUT2D eigenvalue weighted by Gasteiger charge is -2.05. The van der Waals surface area contributed by atoms with Crippen LogP contribution in [0.25, 0.3) is 11.0 Å². The van der Waals surface area contributed by atoms with Gasteiger partial charge in [-0.15, -0.1) is 0 Å². The van der Waals surface area contributed by atoms with Gasteiger partial charge in [0.15, 0.2) is 5.76 Å². The number of rotatable bonds is 3. The molecule has 1 amide bonds. The van der Waals surface area contributed by atoms with Crippen molar-refractivity contribution in [3.8, 4) is 0 Å². The number of nitro benzene ring substituents is 1. The Hall–Kier alpha value is -3.15. The predicted molar refractivity (Wildman–Crippen MR) is 82.0 cm³/mol. The van der Waals surface area contributed by atoms with Crippen molar-refractivity contribution in [1.29, 1.82) is 0 Å². The number of fused-ring (bicyclic) bond motifs is 1. The molecule has 2 aromatic carbocycles. The number of benzene rings is 2. The van der Waals surface area contributed by atoms with Gasteiger partial charge in [0.05, 0.1) is 4.92 Å². The van der Waals surface area contributed by atoms with Gasteiger partial charge in [-0.1, -0.05) is 24.3 Å². The van der Waals surface area contributed by atoms with Crippen LogP contribution in [-0.2, 0) is 0 Å². The number of nitrogens with zero attached hydrogens (tertiary/aromatic N) is 1. The largest absolute Gasteiger partial charge is 0.451 e. The average Bonchev–Trinajstić information content (AvgIpc) is 2.93. The van der Waals surface area contributed by atoms with Gasteiger partial charge in [-0.05, 0) is 30.7 Å². The zero-order valence-electron chi connectivity index (χ0n) is 11.7. The fourth-order valence-corrected chi connectivity index (χ4v) is 2.18. The molecule has 0 bridgehead atoms. The lowest BCUT2D eigenvalue weighted by molar-refractivity contribution is -0.384. The SMILES string of the molecule is Cc1ccc(NC(=O)c2cc3ccccc3o2)c([N+](=O)[O-])c1. The normalized spacial score (nSPS) is 10.6. The first-order chi connectivity index (χ1) is 10.5. The fourth-order valence-electron chi connectivity index (χ4n) is 2.18. The van der Waals surface area contributed by atoms with Gasteiger partial charge in [0, 0.05) is 11.5 Å². The molecule has 0 unspecified atom stereocenters. The van der Waals surface area contributed by atoms with Crippen LogP contribution in [0.5, 0.6) is 0 Å². The van der Waals surface area contributed by atoms with Crippen LogP contribution in [0.4, 0.5) is 11.4 Å². The molecule has 6 nitrogen and oxygen atoms in total. The lowest BCUT2D eigenvalue weighted by atomic mass is 10.2. The van der Waals surface area contributed by atoms with E-state index in [0.29, 0.717) is 5.58 Å². The highest BCUT2D eigenvalue weighted by Crippen LogP contribution is 2.26. The lowest BCUT2D eigenvalue weighted by Crippen LogP contribution is -2.12. The summed E-state index contributed by atoms with van der Waals surface area (Å²) in [6.07, 6.45) is 0. The van der Waals surface area contributed by atoms with Crippen molar-refractivity contribution < 1.29 is 14.1 Å². The molecule has 0 aliphatic rings. The minimum absolute atomic E-state index is 0.107. The minimum atomic E-state index is -0.527. The van der Waals surface area contributed by atoms with Gasteiger partial charge in [-0.2, -0.15) is 0 Å². The molecular formula is C16H12N2O4. The molecule has 0 aliphatic carbocycles. The topological polar surface area (TPSA) is 85.4 Å². The van der Waals surface area contributed by atoms with Gasteiger partial charge in [0.25, 0.3) is 11.6 Å². The summed E-state index contributed by atoms with van der Waals surface area (Å²) in [6.45, 7) is 1.75. The number of nitrogens with one attached hydrogen (secondary N) is 1. The zero-order chi connectivity index (χ0) is 15.7. The van der Waals surface area contributed by atoms with Gasteiger partial charge < -0.3 is 9.73 Å². The molecule has 0 saturated heterocycles. The molecule has 0 spiro atoms. The van der Waals surface area contributed by atoms with Crippen molar-refractivity contribution in [2.24, 2.45) is 0 Å². The van der Waals surface area contributed by atoms with E-state index in [0.717, 1.165) is 10.9 Å². The molecular weight excluding hydrogens is 284 g/mol. The summed E-state index contributed by atoms with van der Waals surface area (Å²) in [5.41, 5.74) is 1.32. The van der Waals surface area contributed by atoms with E-state index in [-0.39, 0.29) is 17.1 Å². The molecule has 0 aliphatic heterocycles. The van der Waals surface area contributed by atoms with Crippen LogP contribution >= 0.6 is 0 Å². The first-order valence-electron chi connectivity index (χ1n) is 6.59. The third kappa shape index (κ3) is 2.54. The Morgan fingerprint density at radius 1 is 1.18 bits per heavy atom. The van der Waals surface area contributed by atoms with E-state index in [9.17, 15) is 14.9 Å². The van der Waals surface area contributed by atoms with E-state index >= 15 is 0 Å². The maximum atomic E-state index is 12.2. The molecule has 3 aromatic rings. The highest BCUT2D eigenvalue weighted by molar-refractivity contribution is 6.05. The van der Waals surface area contributed by atoms with E-state index < -0.39 is 10.8 Å². The van der Waals surface area contributed by atoms with Crippen LogP contribution in [0.3, 0.4) is 0 Å². The summed E-state index contributed by atoms with van der Waals surface area (Å²) in [4.78, 5) is 22.8. The third-order valence-corrected chi connectivity index (χ3v) is 3.25. The number of carbonyl (C=O) groups is 1. The molecule has 22 heavy (non-hydrogen) atoms. The molecule has 0 fully saturated rings. The second-order valence-electron chi connectivity index (χ2n) is 4.88. The van der Waals surface area contributed by atoms with Crippen molar-refractivity contribution in [1.82, 2.24) is 0 Å². The maximum absolute atomic E-state index is 12.2. The summed E-state index contributed by atoms with van der Waals surface area (Å²) in [5.74, 6) is -0.417. The monoisotopic (exact) mass is 296 g/mol. The van der Waals surface area contributed by atoms with Gasteiger partial charge in [-0.3, -0.25) is 14.9 Å². The van der Waals surface area contributed by atoms with Crippen LogP contribution in [-0.4, -0.2) is 10.8 Å². The summed E-state index contributed by atoms with van der Waals surface area (Å²) in [5, 5.41) is 14.4. The number of para-hydroxylation sites is 1. The second-order valence-corrected chi connectivity index (χ2v) is 4.88. The number of hydrogen-bond acceptors (Lipinski definition) is 4. The van der Waals surface area contributed by atoms with E-state index in [4.69, 9.17) is 4.42 Å². The Kier molecular flexibility index (Phi) is 3.34. The first kappa shape index (κ1) is 13.8. The Morgan fingerprint density at radius 2 is 1.95 bits per heavy atom. The van der Waals surface area contributed by atoms with Crippen molar-refractivity contribution in [3.05, 3.63) is 70.0 Å². The van der Waals surface area contributed by atoms with E-state index in [2.05, 4.69) is 5.32 Å². The highest BCUT2D eigenvalue weighted by Gasteiger charge is 2.18. The van der Waals surface area contributed by atoms with E-state index in [1.54, 1.807) is 31.2 Å². The van der Waals surface area contributed by atoms with Gasteiger partial charge in [0.1, 0.15) is 11.3 Å². The van der Waals surface area contributed by atoms with Crippen LogP contribution in [0.1, 0.15) is 16.1 Å². The Balaban J connectivity index is 1.92. The van der Waals surface area contributed by atoms with E-state index in [1.165, 1.54) is 12.1 Å². The zero-order valence-corrected chi connectivity index (χ0v) is 11.7. The number of aryl methyl sites for hydroxylation is 1. The van der Waals surface area contributed by atoms with Crippen LogP contribution in [0.2, 0.25) is 0 Å². The van der Waals surface area contributed by atoms with Crippen molar-refractivity contribution in [2.45, 2.75) is 6.92 Å². The molecule has 0 radical (unpaired) electrons. The van der Waals surface area contributed by atoms with Gasteiger partial charge in [0.2, 0.25) is 0 Å². The fraction of sp³-hybridized carbons (Fsp3) is 0.0625. The number of anilines is 1. The van der Waals surface area contributed by atoms with Crippen molar-refractivity contribution >= 4 is 28.3 Å². The van der Waals surface area contributed by atoms with Gasteiger partial charge >= 0.3 is 0 Å². The number of carbonyl (C=O) groups excluding carboxylic acids is 1. The van der Waals surface area contributed by atoms with Crippen molar-refractivity contribution in [3.63, 3.8) is 0 Å². The Bertz CT molecular complexity index is 850. The maximum Gasteiger partial charge on any atom is 0.293 e. The average molecular weight is 296 g/mol. The Labute approximate surface area is 125 Å². The number of hydrogen-bond donors (Lipinski definition) is 1. The molecule has 3 rings (SSSR count). The molecule has 1 aromatic heterocycles. The molecule has 1 N–H and O–H groups in total. The summed E-state index contributed by atoms with van der Waals surface area (Å²) >= 11 is 0. The molecule has 6 heteroatoms. The number of amides is 1. The van der Waals surface area contributed by atoms with Gasteiger partial charge in [-0.25, -0.2) is 0 Å². The summed E-state index contributed by atoms with van der Waals surface area (Å²) < 4.78 is 5.44. The smallest absolute Gasteiger partial charge is 0.293 e. The number of nitro groups is 1. The van der Waals surface area contributed by atoms with Crippen LogP contribution < -0.4 is 5.32 Å². The molecule has 0 atom stereocenters.